The summed E-state index contributed by atoms with van der Waals surface area (Å²) in [6, 6.07) is 8.25. The molecule has 0 aliphatic carbocycles. The van der Waals surface area contributed by atoms with E-state index in [0.29, 0.717) is 5.56 Å². The highest BCUT2D eigenvalue weighted by Crippen LogP contribution is 2.37. The number of benzene rings is 1. The number of alkyl halides is 2. The van der Waals surface area contributed by atoms with Crippen LogP contribution in [0.15, 0.2) is 41.7 Å². The van der Waals surface area contributed by atoms with Gasteiger partial charge in [-0.1, -0.05) is 11.8 Å². The lowest BCUT2D eigenvalue weighted by Gasteiger charge is -2.13. The number of Topliss-reactive ketones (excluding diaryl/α,β-unsaturated/α-hetero) is 1. The number of ether oxygens (including phenoxy) is 1. The van der Waals surface area contributed by atoms with Gasteiger partial charge in [0, 0.05) is 32.9 Å². The quantitative estimate of drug-likeness (QED) is 0.165. The molecular weight excluding hydrogens is 464 g/mol. The second-order valence-corrected chi connectivity index (χ2v) is 10.3. The minimum Gasteiger partial charge on any atom is -0.435 e. The maximum Gasteiger partial charge on any atom is 0.387 e. The molecule has 1 unspecified atom stereocenters. The highest BCUT2D eigenvalue weighted by Gasteiger charge is 2.24. The molecular formula is C24H23F2N3O2S2. The van der Waals surface area contributed by atoms with Gasteiger partial charge in [0.1, 0.15) is 21.9 Å². The van der Waals surface area contributed by atoms with Crippen LogP contribution in [0.1, 0.15) is 39.1 Å². The molecule has 5 nitrogen and oxygen atoms in total. The molecule has 0 aliphatic rings. The zero-order valence-electron chi connectivity index (χ0n) is 18.8. The zero-order valence-corrected chi connectivity index (χ0v) is 20.5. The van der Waals surface area contributed by atoms with Crippen molar-refractivity contribution in [3.8, 4) is 11.4 Å². The SMILES string of the molecule is Cc1sc2ncnc(SC(C)C(=O)c3cc(C)n(-c4ccc(OC(F)F)cc4)c3C)c2c1C. The number of rotatable bonds is 7. The first-order chi connectivity index (χ1) is 15.7. The minimum absolute atomic E-state index is 0.00775. The summed E-state index contributed by atoms with van der Waals surface area (Å²) in [7, 11) is 0. The molecule has 0 spiro atoms. The van der Waals surface area contributed by atoms with E-state index in [1.165, 1.54) is 28.8 Å². The normalized spacial score (nSPS) is 12.5. The molecule has 33 heavy (non-hydrogen) atoms. The predicted molar refractivity (Wildman–Crippen MR) is 128 cm³/mol. The Labute approximate surface area is 198 Å². The Morgan fingerprint density at radius 1 is 1.12 bits per heavy atom. The lowest BCUT2D eigenvalue weighted by molar-refractivity contribution is -0.0498. The molecule has 172 valence electrons. The van der Waals surface area contributed by atoms with Crippen LogP contribution < -0.4 is 4.74 Å². The van der Waals surface area contributed by atoms with Gasteiger partial charge >= 0.3 is 6.61 Å². The number of nitrogens with zero attached hydrogens (tertiary/aromatic N) is 3. The largest absolute Gasteiger partial charge is 0.435 e. The Bertz CT molecular complexity index is 1330. The van der Waals surface area contributed by atoms with Gasteiger partial charge in [-0.15, -0.1) is 11.3 Å². The lowest BCUT2D eigenvalue weighted by Crippen LogP contribution is -2.15. The molecule has 3 aromatic heterocycles. The van der Waals surface area contributed by atoms with Gasteiger partial charge in [-0.3, -0.25) is 4.79 Å². The maximum absolute atomic E-state index is 13.4. The van der Waals surface area contributed by atoms with Crippen molar-refractivity contribution in [2.75, 3.05) is 0 Å². The summed E-state index contributed by atoms with van der Waals surface area (Å²) in [5.74, 6) is 0.0982. The fourth-order valence-corrected chi connectivity index (χ4v) is 5.97. The topological polar surface area (TPSA) is 57.0 Å². The number of halogens is 2. The molecule has 0 aliphatic heterocycles. The van der Waals surface area contributed by atoms with E-state index in [1.54, 1.807) is 29.8 Å². The van der Waals surface area contributed by atoms with Crippen LogP contribution in [0.25, 0.3) is 15.9 Å². The Morgan fingerprint density at radius 2 is 1.82 bits per heavy atom. The van der Waals surface area contributed by atoms with Crippen molar-refractivity contribution in [1.29, 1.82) is 0 Å². The number of carbonyl (C=O) groups excluding carboxylic acids is 1. The molecule has 0 fully saturated rings. The van der Waals surface area contributed by atoms with E-state index in [2.05, 4.69) is 28.6 Å². The van der Waals surface area contributed by atoms with Crippen molar-refractivity contribution in [1.82, 2.24) is 14.5 Å². The molecule has 0 bridgehead atoms. The van der Waals surface area contributed by atoms with Gasteiger partial charge in [-0.25, -0.2) is 9.97 Å². The standard InChI is InChI=1S/C24H23F2N3O2S2/c1-12-10-19(14(3)29(12)17-6-8-18(9-7-17)31-24(25)26)21(30)16(5)33-23-20-13(2)15(4)32-22(20)27-11-28-23/h6-11,16,24H,1-5H3. The molecule has 0 radical (unpaired) electrons. The number of fused-ring (bicyclic) bond motifs is 1. The summed E-state index contributed by atoms with van der Waals surface area (Å²) in [6.45, 7) is 6.93. The summed E-state index contributed by atoms with van der Waals surface area (Å²) in [4.78, 5) is 24.3. The monoisotopic (exact) mass is 487 g/mol. The molecule has 0 saturated heterocycles. The number of hydrogen-bond donors (Lipinski definition) is 0. The summed E-state index contributed by atoms with van der Waals surface area (Å²) >= 11 is 3.07. The van der Waals surface area contributed by atoms with Gasteiger partial charge in [-0.2, -0.15) is 8.78 Å². The Kier molecular flexibility index (Phi) is 6.54. The van der Waals surface area contributed by atoms with Crippen LogP contribution in [0.2, 0.25) is 0 Å². The third-order valence-electron chi connectivity index (χ3n) is 5.60. The second kappa shape index (κ2) is 9.23. The van der Waals surface area contributed by atoms with Gasteiger partial charge in [0.2, 0.25) is 0 Å². The highest BCUT2D eigenvalue weighted by molar-refractivity contribution is 8.00. The molecule has 0 saturated carbocycles. The van der Waals surface area contributed by atoms with Gasteiger partial charge in [0.05, 0.1) is 5.25 Å². The van der Waals surface area contributed by atoms with E-state index in [-0.39, 0.29) is 16.8 Å². The van der Waals surface area contributed by atoms with Crippen LogP contribution in [0.4, 0.5) is 8.78 Å². The molecule has 1 atom stereocenters. The first kappa shape index (κ1) is 23.4. The van der Waals surface area contributed by atoms with Crippen LogP contribution in [0.3, 0.4) is 0 Å². The predicted octanol–water partition coefficient (Wildman–Crippen LogP) is 6.68. The molecule has 3 heterocycles. The number of thioether (sulfide) groups is 1. The lowest BCUT2D eigenvalue weighted by atomic mass is 10.1. The average molecular weight is 488 g/mol. The number of hydrogen-bond acceptors (Lipinski definition) is 6. The van der Waals surface area contributed by atoms with Gasteiger partial charge in [-0.05, 0) is 70.5 Å². The number of ketones is 1. The van der Waals surface area contributed by atoms with Crippen LogP contribution >= 0.6 is 23.1 Å². The number of aromatic nitrogens is 3. The highest BCUT2D eigenvalue weighted by atomic mass is 32.2. The van der Waals surface area contributed by atoms with Gasteiger partial charge in [0.15, 0.2) is 5.78 Å². The van der Waals surface area contributed by atoms with Gasteiger partial charge in [0.25, 0.3) is 0 Å². The van der Waals surface area contributed by atoms with E-state index in [9.17, 15) is 13.6 Å². The number of thiophene rings is 1. The Hall–Kier alpha value is -2.78. The first-order valence-electron chi connectivity index (χ1n) is 10.3. The van der Waals surface area contributed by atoms with Crippen molar-refractivity contribution < 1.29 is 18.3 Å². The Morgan fingerprint density at radius 3 is 2.48 bits per heavy atom. The Balaban J connectivity index is 1.61. The molecule has 9 heteroatoms. The van der Waals surface area contributed by atoms with Crippen molar-refractivity contribution in [3.05, 3.63) is 64.1 Å². The minimum atomic E-state index is -2.87. The third-order valence-corrected chi connectivity index (χ3v) is 7.82. The summed E-state index contributed by atoms with van der Waals surface area (Å²) in [5.41, 5.74) is 4.22. The molecule has 4 aromatic rings. The maximum atomic E-state index is 13.4. The van der Waals surface area contributed by atoms with Crippen LogP contribution in [-0.2, 0) is 0 Å². The number of aryl methyl sites for hydroxylation is 3. The van der Waals surface area contributed by atoms with E-state index in [1.807, 2.05) is 31.4 Å². The van der Waals surface area contributed by atoms with Gasteiger partial charge < -0.3 is 9.30 Å². The van der Waals surface area contributed by atoms with Crippen molar-refractivity contribution in [3.63, 3.8) is 0 Å². The van der Waals surface area contributed by atoms with E-state index in [4.69, 9.17) is 0 Å². The molecule has 0 amide bonds. The van der Waals surface area contributed by atoms with Crippen LogP contribution in [0, 0.1) is 27.7 Å². The third kappa shape index (κ3) is 4.52. The average Bonchev–Trinajstić information content (AvgIpc) is 3.23. The van der Waals surface area contributed by atoms with Crippen molar-refractivity contribution in [2.45, 2.75) is 51.5 Å². The second-order valence-electron chi connectivity index (χ2n) is 7.76. The van der Waals surface area contributed by atoms with E-state index >= 15 is 0 Å². The van der Waals surface area contributed by atoms with E-state index in [0.717, 1.165) is 37.9 Å². The fourth-order valence-electron chi connectivity index (χ4n) is 3.87. The fraction of sp³-hybridized carbons (Fsp3) is 0.292. The smallest absolute Gasteiger partial charge is 0.387 e. The summed E-state index contributed by atoms with van der Waals surface area (Å²) < 4.78 is 31.2. The van der Waals surface area contributed by atoms with Crippen molar-refractivity contribution in [2.24, 2.45) is 0 Å². The molecule has 0 N–H and O–H groups in total. The van der Waals surface area contributed by atoms with Crippen molar-refractivity contribution >= 4 is 39.1 Å². The number of carbonyl (C=O) groups is 1. The molecule has 4 rings (SSSR count). The summed E-state index contributed by atoms with van der Waals surface area (Å²) in [6.07, 6.45) is 1.55. The molecule has 1 aromatic carbocycles. The van der Waals surface area contributed by atoms with Crippen LogP contribution in [0.5, 0.6) is 5.75 Å². The zero-order chi connectivity index (χ0) is 23.9. The van der Waals surface area contributed by atoms with Crippen LogP contribution in [-0.4, -0.2) is 32.2 Å². The van der Waals surface area contributed by atoms with E-state index < -0.39 is 6.61 Å². The first-order valence-corrected chi connectivity index (χ1v) is 12.0. The summed E-state index contributed by atoms with van der Waals surface area (Å²) in [5, 5.41) is 1.48.